The molecule has 1 aliphatic carbocycles. The fourth-order valence-electron chi connectivity index (χ4n) is 3.91. The number of amides is 1. The minimum atomic E-state index is -0.792. The number of likely N-dealkylation sites (tertiary alicyclic amines) is 1. The molecule has 1 saturated heterocycles. The third kappa shape index (κ3) is 2.84. The van der Waals surface area contributed by atoms with Crippen LogP contribution in [0.15, 0.2) is 0 Å². The molecule has 4 nitrogen and oxygen atoms in total. The van der Waals surface area contributed by atoms with Crippen LogP contribution in [0.3, 0.4) is 0 Å². The number of carboxylic acids is 1. The number of carbonyl (C=O) groups is 2. The van der Waals surface area contributed by atoms with E-state index in [9.17, 15) is 14.7 Å². The first-order valence-corrected chi connectivity index (χ1v) is 8.04. The maximum absolute atomic E-state index is 12.7. The van der Waals surface area contributed by atoms with Crippen LogP contribution in [0.5, 0.6) is 0 Å². The van der Waals surface area contributed by atoms with Gasteiger partial charge in [0.05, 0.1) is 11.8 Å². The molecule has 0 unspecified atom stereocenters. The monoisotopic (exact) mass is 281 g/mol. The Balaban J connectivity index is 2.05. The SMILES string of the molecule is CCC1(CC)CCN(C(=O)[C@@H]2CCCC[C@@H]2C(=O)O)C1. The van der Waals surface area contributed by atoms with Crippen molar-refractivity contribution in [3.8, 4) is 0 Å². The topological polar surface area (TPSA) is 57.6 Å². The van der Waals surface area contributed by atoms with E-state index in [2.05, 4.69) is 13.8 Å². The van der Waals surface area contributed by atoms with Crippen LogP contribution < -0.4 is 0 Å². The van der Waals surface area contributed by atoms with Crippen LogP contribution in [0, 0.1) is 17.3 Å². The summed E-state index contributed by atoms with van der Waals surface area (Å²) in [5.41, 5.74) is 0.267. The fraction of sp³-hybridized carbons (Fsp3) is 0.875. The van der Waals surface area contributed by atoms with E-state index in [1.54, 1.807) is 0 Å². The largest absolute Gasteiger partial charge is 0.481 e. The Kier molecular flexibility index (Phi) is 4.71. The highest BCUT2D eigenvalue weighted by molar-refractivity contribution is 5.85. The van der Waals surface area contributed by atoms with E-state index >= 15 is 0 Å². The number of rotatable bonds is 4. The maximum Gasteiger partial charge on any atom is 0.307 e. The van der Waals surface area contributed by atoms with Crippen molar-refractivity contribution >= 4 is 11.9 Å². The zero-order valence-electron chi connectivity index (χ0n) is 12.7. The highest BCUT2D eigenvalue weighted by atomic mass is 16.4. The summed E-state index contributed by atoms with van der Waals surface area (Å²) < 4.78 is 0. The lowest BCUT2D eigenvalue weighted by molar-refractivity contribution is -0.152. The summed E-state index contributed by atoms with van der Waals surface area (Å²) in [7, 11) is 0. The Morgan fingerprint density at radius 2 is 1.75 bits per heavy atom. The minimum absolute atomic E-state index is 0.0980. The summed E-state index contributed by atoms with van der Waals surface area (Å²) in [5, 5.41) is 9.32. The van der Waals surface area contributed by atoms with Gasteiger partial charge in [-0.25, -0.2) is 0 Å². The van der Waals surface area contributed by atoms with Crippen molar-refractivity contribution in [2.24, 2.45) is 17.3 Å². The highest BCUT2D eigenvalue weighted by Crippen LogP contribution is 2.39. The molecule has 1 aliphatic heterocycles. The van der Waals surface area contributed by atoms with Crippen LogP contribution in [-0.2, 0) is 9.59 Å². The van der Waals surface area contributed by atoms with E-state index in [4.69, 9.17) is 0 Å². The average molecular weight is 281 g/mol. The number of aliphatic carboxylic acids is 1. The smallest absolute Gasteiger partial charge is 0.307 e. The Hall–Kier alpha value is -1.06. The van der Waals surface area contributed by atoms with E-state index in [1.165, 1.54) is 0 Å². The predicted molar refractivity (Wildman–Crippen MR) is 77.3 cm³/mol. The summed E-state index contributed by atoms with van der Waals surface area (Å²) in [6.07, 6.45) is 6.59. The number of carbonyl (C=O) groups excluding carboxylic acids is 1. The van der Waals surface area contributed by atoms with Gasteiger partial charge in [-0.3, -0.25) is 9.59 Å². The van der Waals surface area contributed by atoms with Gasteiger partial charge in [-0.1, -0.05) is 26.7 Å². The zero-order valence-corrected chi connectivity index (χ0v) is 12.7. The van der Waals surface area contributed by atoms with E-state index < -0.39 is 11.9 Å². The van der Waals surface area contributed by atoms with Gasteiger partial charge < -0.3 is 10.0 Å². The molecule has 0 aromatic carbocycles. The Morgan fingerprint density at radius 3 is 2.25 bits per heavy atom. The third-order valence-electron chi connectivity index (χ3n) is 5.65. The molecule has 1 saturated carbocycles. The quantitative estimate of drug-likeness (QED) is 0.862. The summed E-state index contributed by atoms with van der Waals surface area (Å²) >= 11 is 0. The molecule has 0 radical (unpaired) electrons. The van der Waals surface area contributed by atoms with Crippen LogP contribution in [0.1, 0.15) is 58.8 Å². The normalized spacial score (nSPS) is 29.4. The van der Waals surface area contributed by atoms with Crippen LogP contribution >= 0.6 is 0 Å². The van der Waals surface area contributed by atoms with E-state index in [0.29, 0.717) is 6.42 Å². The van der Waals surface area contributed by atoms with Crippen molar-refractivity contribution in [2.75, 3.05) is 13.1 Å². The van der Waals surface area contributed by atoms with E-state index in [1.807, 2.05) is 4.90 Å². The second kappa shape index (κ2) is 6.15. The van der Waals surface area contributed by atoms with Crippen molar-refractivity contribution < 1.29 is 14.7 Å². The fourth-order valence-corrected chi connectivity index (χ4v) is 3.91. The maximum atomic E-state index is 12.7. The molecule has 2 fully saturated rings. The Bertz CT molecular complexity index is 376. The molecule has 1 heterocycles. The molecule has 0 aromatic rings. The Morgan fingerprint density at radius 1 is 1.15 bits per heavy atom. The Labute approximate surface area is 121 Å². The molecule has 1 amide bonds. The van der Waals surface area contributed by atoms with Gasteiger partial charge in [-0.05, 0) is 37.5 Å². The zero-order chi connectivity index (χ0) is 14.8. The summed E-state index contributed by atoms with van der Waals surface area (Å²) in [6, 6.07) is 0. The van der Waals surface area contributed by atoms with Gasteiger partial charge in [0, 0.05) is 13.1 Å². The van der Waals surface area contributed by atoms with Crippen molar-refractivity contribution in [2.45, 2.75) is 58.8 Å². The number of hydrogen-bond acceptors (Lipinski definition) is 2. The van der Waals surface area contributed by atoms with Crippen molar-refractivity contribution in [3.63, 3.8) is 0 Å². The van der Waals surface area contributed by atoms with Gasteiger partial charge >= 0.3 is 5.97 Å². The van der Waals surface area contributed by atoms with Crippen LogP contribution in [0.4, 0.5) is 0 Å². The van der Waals surface area contributed by atoms with Gasteiger partial charge in [0.1, 0.15) is 0 Å². The third-order valence-corrected chi connectivity index (χ3v) is 5.65. The molecule has 0 spiro atoms. The van der Waals surface area contributed by atoms with Gasteiger partial charge in [0.2, 0.25) is 5.91 Å². The van der Waals surface area contributed by atoms with Crippen molar-refractivity contribution in [1.29, 1.82) is 0 Å². The average Bonchev–Trinajstić information content (AvgIpc) is 2.91. The number of hydrogen-bond donors (Lipinski definition) is 1. The highest BCUT2D eigenvalue weighted by Gasteiger charge is 2.42. The van der Waals surface area contributed by atoms with Gasteiger partial charge in [0.25, 0.3) is 0 Å². The minimum Gasteiger partial charge on any atom is -0.481 e. The summed E-state index contributed by atoms with van der Waals surface area (Å²) in [5.74, 6) is -1.44. The molecule has 20 heavy (non-hydrogen) atoms. The van der Waals surface area contributed by atoms with Gasteiger partial charge in [0.15, 0.2) is 0 Å². The van der Waals surface area contributed by atoms with Crippen molar-refractivity contribution in [3.05, 3.63) is 0 Å². The molecule has 0 aromatic heterocycles. The number of nitrogens with zero attached hydrogens (tertiary/aromatic N) is 1. The lowest BCUT2D eigenvalue weighted by atomic mass is 9.78. The van der Waals surface area contributed by atoms with Gasteiger partial charge in [-0.15, -0.1) is 0 Å². The number of carboxylic acid groups (broad SMARTS) is 1. The second-order valence-electron chi connectivity index (χ2n) is 6.55. The second-order valence-corrected chi connectivity index (χ2v) is 6.55. The van der Waals surface area contributed by atoms with Crippen LogP contribution in [0.25, 0.3) is 0 Å². The molecule has 4 heteroatoms. The molecule has 2 atom stereocenters. The first-order valence-electron chi connectivity index (χ1n) is 8.04. The van der Waals surface area contributed by atoms with Crippen LogP contribution in [0.2, 0.25) is 0 Å². The molecular weight excluding hydrogens is 254 g/mol. The molecule has 2 aliphatic rings. The standard InChI is InChI=1S/C16H27NO3/c1-3-16(4-2)9-10-17(11-16)14(18)12-7-5-6-8-13(12)15(19)20/h12-13H,3-11H2,1-2H3,(H,19,20)/t12-,13+/m1/s1. The van der Waals surface area contributed by atoms with E-state index in [0.717, 1.165) is 51.6 Å². The molecule has 114 valence electrons. The van der Waals surface area contributed by atoms with Gasteiger partial charge in [-0.2, -0.15) is 0 Å². The first-order chi connectivity index (χ1) is 9.53. The summed E-state index contributed by atoms with van der Waals surface area (Å²) in [6.45, 7) is 6.02. The lowest BCUT2D eigenvalue weighted by Crippen LogP contribution is -2.42. The summed E-state index contributed by atoms with van der Waals surface area (Å²) in [4.78, 5) is 26.0. The molecule has 2 rings (SSSR count). The molecular formula is C16H27NO3. The lowest BCUT2D eigenvalue weighted by Gasteiger charge is -2.32. The predicted octanol–water partition coefficient (Wildman–Crippen LogP) is 2.92. The van der Waals surface area contributed by atoms with E-state index in [-0.39, 0.29) is 17.2 Å². The first kappa shape index (κ1) is 15.3. The molecule has 1 N–H and O–H groups in total. The van der Waals surface area contributed by atoms with Crippen molar-refractivity contribution in [1.82, 2.24) is 4.90 Å². The molecule has 0 bridgehead atoms. The van der Waals surface area contributed by atoms with Crippen LogP contribution in [-0.4, -0.2) is 35.0 Å².